The maximum atomic E-state index is 11.3. The highest BCUT2D eigenvalue weighted by Gasteiger charge is 2.23. The molecular weight excluding hydrogens is 180 g/mol. The third-order valence-corrected chi connectivity index (χ3v) is 2.20. The normalized spacial score (nSPS) is 15.6. The topological polar surface area (TPSA) is 49.4 Å². The molecule has 1 amide bonds. The lowest BCUT2D eigenvalue weighted by molar-refractivity contribution is -0.123. The molecule has 0 radical (unpaired) electrons. The highest BCUT2D eigenvalue weighted by molar-refractivity contribution is 5.79. The predicted octanol–water partition coefficient (Wildman–Crippen LogP) is 0.176. The molecule has 0 aliphatic heterocycles. The fourth-order valence-corrected chi connectivity index (χ4v) is 1.17. The van der Waals surface area contributed by atoms with Crippen molar-refractivity contribution in [2.45, 2.75) is 32.2 Å². The number of Topliss-reactive ketones (excluding diaryl/α,β-unsaturated/α-hetero) is 1. The number of hydrogen-bond donors (Lipinski definition) is 1. The van der Waals surface area contributed by atoms with Crippen molar-refractivity contribution in [1.29, 1.82) is 0 Å². The maximum absolute atomic E-state index is 11.3. The number of carbonyl (C=O) groups excluding carboxylic acids is 2. The Bertz CT molecular complexity index is 224. The lowest BCUT2D eigenvalue weighted by Crippen LogP contribution is -2.36. The second-order valence-corrected chi connectivity index (χ2v) is 4.03. The number of nitrogens with zero attached hydrogens (tertiary/aromatic N) is 1. The SMILES string of the molecule is CC(=O)CCN(C)CC(=O)NC1CC1. The Morgan fingerprint density at radius 1 is 1.43 bits per heavy atom. The minimum atomic E-state index is 0.0681. The van der Waals surface area contributed by atoms with Crippen LogP contribution in [-0.4, -0.2) is 42.8 Å². The smallest absolute Gasteiger partial charge is 0.234 e. The number of likely N-dealkylation sites (N-methyl/N-ethyl adjacent to an activating group) is 1. The van der Waals surface area contributed by atoms with Crippen molar-refractivity contribution < 1.29 is 9.59 Å². The largest absolute Gasteiger partial charge is 0.352 e. The molecule has 0 saturated heterocycles. The Kier molecular flexibility index (Phi) is 4.07. The average molecular weight is 198 g/mol. The van der Waals surface area contributed by atoms with Gasteiger partial charge in [-0.3, -0.25) is 14.5 Å². The van der Waals surface area contributed by atoms with Gasteiger partial charge in [-0.1, -0.05) is 0 Å². The molecule has 0 bridgehead atoms. The zero-order valence-corrected chi connectivity index (χ0v) is 8.88. The zero-order valence-electron chi connectivity index (χ0n) is 8.88. The summed E-state index contributed by atoms with van der Waals surface area (Å²) in [6, 6.07) is 0.420. The van der Waals surface area contributed by atoms with E-state index in [1.54, 1.807) is 6.92 Å². The molecule has 14 heavy (non-hydrogen) atoms. The van der Waals surface area contributed by atoms with Crippen LogP contribution in [0.2, 0.25) is 0 Å². The average Bonchev–Trinajstić information content (AvgIpc) is 2.84. The summed E-state index contributed by atoms with van der Waals surface area (Å²) in [5.41, 5.74) is 0. The van der Waals surface area contributed by atoms with Gasteiger partial charge in [-0.05, 0) is 26.8 Å². The molecular formula is C10H18N2O2. The number of amides is 1. The number of carbonyl (C=O) groups is 2. The Balaban J connectivity index is 2.08. The van der Waals surface area contributed by atoms with Crippen molar-refractivity contribution in [2.75, 3.05) is 20.1 Å². The molecule has 1 fully saturated rings. The monoisotopic (exact) mass is 198 g/mol. The van der Waals surface area contributed by atoms with E-state index in [1.165, 1.54) is 0 Å². The van der Waals surface area contributed by atoms with Crippen LogP contribution in [0.1, 0.15) is 26.2 Å². The molecule has 4 heteroatoms. The molecule has 0 heterocycles. The lowest BCUT2D eigenvalue weighted by atomic mass is 10.3. The quantitative estimate of drug-likeness (QED) is 0.662. The molecule has 0 aromatic carbocycles. The Labute approximate surface area is 84.7 Å². The number of hydrogen-bond acceptors (Lipinski definition) is 3. The van der Waals surface area contributed by atoms with Crippen molar-refractivity contribution in [3.05, 3.63) is 0 Å². The van der Waals surface area contributed by atoms with Crippen LogP contribution in [0.3, 0.4) is 0 Å². The van der Waals surface area contributed by atoms with Crippen LogP contribution in [0.15, 0.2) is 0 Å². The van der Waals surface area contributed by atoms with Gasteiger partial charge in [0.15, 0.2) is 0 Å². The van der Waals surface area contributed by atoms with E-state index in [9.17, 15) is 9.59 Å². The summed E-state index contributed by atoms with van der Waals surface area (Å²) in [5.74, 6) is 0.234. The molecule has 0 spiro atoms. The summed E-state index contributed by atoms with van der Waals surface area (Å²) in [7, 11) is 1.86. The molecule has 0 atom stereocenters. The summed E-state index contributed by atoms with van der Waals surface area (Å²) >= 11 is 0. The molecule has 0 aromatic heterocycles. The Morgan fingerprint density at radius 2 is 2.07 bits per heavy atom. The standard InChI is InChI=1S/C10H18N2O2/c1-8(13)5-6-12(2)7-10(14)11-9-3-4-9/h9H,3-7H2,1-2H3,(H,11,14). The maximum Gasteiger partial charge on any atom is 0.234 e. The first kappa shape index (κ1) is 11.2. The van der Waals surface area contributed by atoms with Crippen LogP contribution >= 0.6 is 0 Å². The zero-order chi connectivity index (χ0) is 10.6. The third kappa shape index (κ3) is 4.97. The summed E-state index contributed by atoms with van der Waals surface area (Å²) in [6.07, 6.45) is 2.75. The second kappa shape index (κ2) is 5.10. The van der Waals surface area contributed by atoms with E-state index in [1.807, 2.05) is 11.9 Å². The fourth-order valence-electron chi connectivity index (χ4n) is 1.17. The third-order valence-electron chi connectivity index (χ3n) is 2.20. The first-order valence-electron chi connectivity index (χ1n) is 5.05. The molecule has 1 aliphatic carbocycles. The van der Waals surface area contributed by atoms with Gasteiger partial charge in [0.1, 0.15) is 5.78 Å². The van der Waals surface area contributed by atoms with Gasteiger partial charge < -0.3 is 5.32 Å². The number of nitrogens with one attached hydrogen (secondary N) is 1. The van der Waals surface area contributed by atoms with Crippen molar-refractivity contribution in [3.63, 3.8) is 0 Å². The molecule has 80 valence electrons. The van der Waals surface area contributed by atoms with E-state index in [2.05, 4.69) is 5.32 Å². The Hall–Kier alpha value is -0.900. The van der Waals surface area contributed by atoms with Gasteiger partial charge in [0, 0.05) is 19.0 Å². The van der Waals surface area contributed by atoms with E-state index in [4.69, 9.17) is 0 Å². The van der Waals surface area contributed by atoms with Crippen LogP contribution in [0.5, 0.6) is 0 Å². The van der Waals surface area contributed by atoms with E-state index in [0.29, 0.717) is 25.6 Å². The molecule has 1 saturated carbocycles. The van der Waals surface area contributed by atoms with Gasteiger partial charge in [-0.15, -0.1) is 0 Å². The van der Waals surface area contributed by atoms with Gasteiger partial charge in [0.2, 0.25) is 5.91 Å². The lowest BCUT2D eigenvalue weighted by Gasteiger charge is -2.14. The second-order valence-electron chi connectivity index (χ2n) is 4.03. The highest BCUT2D eigenvalue weighted by atomic mass is 16.2. The fraction of sp³-hybridized carbons (Fsp3) is 0.800. The van der Waals surface area contributed by atoms with Crippen LogP contribution < -0.4 is 5.32 Å². The minimum Gasteiger partial charge on any atom is -0.352 e. The number of rotatable bonds is 6. The molecule has 0 aromatic rings. The van der Waals surface area contributed by atoms with Crippen molar-refractivity contribution in [2.24, 2.45) is 0 Å². The predicted molar refractivity (Wildman–Crippen MR) is 54.0 cm³/mol. The van der Waals surface area contributed by atoms with E-state index in [-0.39, 0.29) is 11.7 Å². The summed E-state index contributed by atoms with van der Waals surface area (Å²) < 4.78 is 0. The first-order valence-corrected chi connectivity index (χ1v) is 5.05. The molecule has 1 aliphatic rings. The Morgan fingerprint density at radius 3 is 2.57 bits per heavy atom. The van der Waals surface area contributed by atoms with Gasteiger partial charge in [0.05, 0.1) is 6.54 Å². The van der Waals surface area contributed by atoms with Crippen molar-refractivity contribution in [1.82, 2.24) is 10.2 Å². The molecule has 1 N–H and O–H groups in total. The summed E-state index contributed by atoms with van der Waals surface area (Å²) in [4.78, 5) is 23.9. The van der Waals surface area contributed by atoms with Gasteiger partial charge in [0.25, 0.3) is 0 Å². The van der Waals surface area contributed by atoms with Crippen molar-refractivity contribution >= 4 is 11.7 Å². The van der Waals surface area contributed by atoms with Gasteiger partial charge in [-0.25, -0.2) is 0 Å². The van der Waals surface area contributed by atoms with Gasteiger partial charge in [-0.2, -0.15) is 0 Å². The molecule has 0 unspecified atom stereocenters. The van der Waals surface area contributed by atoms with Crippen LogP contribution in [0.4, 0.5) is 0 Å². The van der Waals surface area contributed by atoms with Crippen LogP contribution in [0, 0.1) is 0 Å². The van der Waals surface area contributed by atoms with E-state index < -0.39 is 0 Å². The summed E-state index contributed by atoms with van der Waals surface area (Å²) in [5, 5.41) is 2.91. The molecule has 4 nitrogen and oxygen atoms in total. The highest BCUT2D eigenvalue weighted by Crippen LogP contribution is 2.18. The summed E-state index contributed by atoms with van der Waals surface area (Å²) in [6.45, 7) is 2.62. The van der Waals surface area contributed by atoms with Crippen molar-refractivity contribution in [3.8, 4) is 0 Å². The first-order chi connectivity index (χ1) is 6.58. The van der Waals surface area contributed by atoms with Gasteiger partial charge >= 0.3 is 0 Å². The van der Waals surface area contributed by atoms with E-state index >= 15 is 0 Å². The van der Waals surface area contributed by atoms with E-state index in [0.717, 1.165) is 12.8 Å². The minimum absolute atomic E-state index is 0.0681. The van der Waals surface area contributed by atoms with Crippen LogP contribution in [0.25, 0.3) is 0 Å². The molecule has 1 rings (SSSR count). The van der Waals surface area contributed by atoms with Crippen LogP contribution in [-0.2, 0) is 9.59 Å². The number of ketones is 1.